The lowest BCUT2D eigenvalue weighted by atomic mass is 10.1. The van der Waals surface area contributed by atoms with Crippen LogP contribution in [0.25, 0.3) is 0 Å². The molecule has 2 aliphatic heterocycles. The number of rotatable bonds is 6. The summed E-state index contributed by atoms with van der Waals surface area (Å²) in [5.74, 6) is -1.61. The third-order valence-electron chi connectivity index (χ3n) is 4.74. The standard InChI is InChI=1S/2C9H15NO3S/c1-6(5-14)8(11)13-9(12)7-3-2-4-10-7;1-6(5-14)8(11)10-4-2-3-7(10)9(12)13/h6-7,10,14H,2-5H2,1H3;6-7,14H,2-5H2,1H3,(H,12,13)/t2*6-,7+/m11/s1. The maximum Gasteiger partial charge on any atom is 0.330 e. The van der Waals surface area contributed by atoms with E-state index in [0.29, 0.717) is 24.5 Å². The van der Waals surface area contributed by atoms with Crippen LogP contribution < -0.4 is 5.32 Å². The van der Waals surface area contributed by atoms with Gasteiger partial charge in [-0.3, -0.25) is 9.59 Å². The Kier molecular flexibility index (Phi) is 10.9. The first-order valence-electron chi connectivity index (χ1n) is 9.46. The van der Waals surface area contributed by atoms with Crippen LogP contribution in [0.5, 0.6) is 0 Å². The number of likely N-dealkylation sites (tertiary alicyclic amines) is 1. The van der Waals surface area contributed by atoms with Gasteiger partial charge in [0.25, 0.3) is 0 Å². The van der Waals surface area contributed by atoms with E-state index in [0.717, 1.165) is 25.8 Å². The summed E-state index contributed by atoms with van der Waals surface area (Å²) >= 11 is 7.99. The van der Waals surface area contributed by atoms with Crippen LogP contribution in [0, 0.1) is 11.8 Å². The number of amides is 1. The number of ether oxygens (including phenoxy) is 1. The highest BCUT2D eigenvalue weighted by molar-refractivity contribution is 7.80. The number of aliphatic carboxylic acids is 1. The van der Waals surface area contributed by atoms with E-state index < -0.39 is 23.9 Å². The van der Waals surface area contributed by atoms with Gasteiger partial charge in [0.15, 0.2) is 0 Å². The van der Waals surface area contributed by atoms with E-state index >= 15 is 0 Å². The molecule has 0 spiro atoms. The Balaban J connectivity index is 0.000000280. The fourth-order valence-corrected chi connectivity index (χ4v) is 3.18. The maximum absolute atomic E-state index is 11.7. The molecule has 0 unspecified atom stereocenters. The molecule has 10 heteroatoms. The Morgan fingerprint density at radius 1 is 1.11 bits per heavy atom. The van der Waals surface area contributed by atoms with E-state index in [-0.39, 0.29) is 23.8 Å². The van der Waals surface area contributed by atoms with Gasteiger partial charge in [0, 0.05) is 24.0 Å². The molecule has 0 radical (unpaired) electrons. The Bertz CT molecular complexity index is 568. The first-order chi connectivity index (χ1) is 13.2. The summed E-state index contributed by atoms with van der Waals surface area (Å²) < 4.78 is 4.70. The number of carbonyl (C=O) groups is 4. The third-order valence-corrected chi connectivity index (χ3v) is 5.83. The molecule has 0 bridgehead atoms. The van der Waals surface area contributed by atoms with Crippen molar-refractivity contribution in [2.45, 2.75) is 51.6 Å². The topological polar surface area (TPSA) is 113 Å². The molecule has 0 saturated carbocycles. The van der Waals surface area contributed by atoms with Crippen LogP contribution in [0.15, 0.2) is 0 Å². The van der Waals surface area contributed by atoms with E-state index in [4.69, 9.17) is 9.84 Å². The van der Waals surface area contributed by atoms with Gasteiger partial charge in [-0.15, -0.1) is 0 Å². The van der Waals surface area contributed by atoms with Gasteiger partial charge in [-0.1, -0.05) is 13.8 Å². The Hall–Kier alpha value is -1.26. The number of hydrogen-bond donors (Lipinski definition) is 4. The van der Waals surface area contributed by atoms with Crippen LogP contribution in [-0.4, -0.2) is 70.5 Å². The summed E-state index contributed by atoms with van der Waals surface area (Å²) in [7, 11) is 0. The molecule has 160 valence electrons. The SMILES string of the molecule is C[C@H](CS)C(=O)N1CCC[C@H]1C(=O)O.C[C@H](CS)C(=O)OC(=O)[C@@H]1CCCN1. The zero-order chi connectivity index (χ0) is 21.3. The maximum atomic E-state index is 11.7. The molecular weight excluding hydrogens is 404 g/mol. The van der Waals surface area contributed by atoms with E-state index in [1.807, 2.05) is 0 Å². The van der Waals surface area contributed by atoms with Crippen LogP contribution in [0.2, 0.25) is 0 Å². The summed E-state index contributed by atoms with van der Waals surface area (Å²) in [4.78, 5) is 46.5. The first kappa shape index (κ1) is 24.8. The zero-order valence-corrected chi connectivity index (χ0v) is 18.1. The first-order valence-corrected chi connectivity index (χ1v) is 10.7. The van der Waals surface area contributed by atoms with Crippen molar-refractivity contribution < 1.29 is 29.0 Å². The monoisotopic (exact) mass is 434 g/mol. The van der Waals surface area contributed by atoms with Crippen LogP contribution >= 0.6 is 25.3 Å². The second-order valence-electron chi connectivity index (χ2n) is 7.08. The molecular formula is C18H30N2O6S2. The van der Waals surface area contributed by atoms with Crippen molar-refractivity contribution in [3.63, 3.8) is 0 Å². The molecule has 28 heavy (non-hydrogen) atoms. The van der Waals surface area contributed by atoms with Crippen molar-refractivity contribution in [3.8, 4) is 0 Å². The van der Waals surface area contributed by atoms with Crippen LogP contribution in [-0.2, 0) is 23.9 Å². The normalized spacial score (nSPS) is 23.4. The van der Waals surface area contributed by atoms with Crippen molar-refractivity contribution in [1.82, 2.24) is 10.2 Å². The lowest BCUT2D eigenvalue weighted by molar-refractivity contribution is -0.163. The van der Waals surface area contributed by atoms with Crippen molar-refractivity contribution in [1.29, 1.82) is 0 Å². The average Bonchev–Trinajstić information content (AvgIpc) is 3.38. The van der Waals surface area contributed by atoms with Gasteiger partial charge in [0.05, 0.1) is 5.92 Å². The number of carboxylic acid groups (broad SMARTS) is 1. The third kappa shape index (κ3) is 7.29. The number of carboxylic acids is 1. The number of nitrogens with zero attached hydrogens (tertiary/aromatic N) is 1. The summed E-state index contributed by atoms with van der Waals surface area (Å²) in [5.41, 5.74) is 0. The molecule has 2 saturated heterocycles. The van der Waals surface area contributed by atoms with Gasteiger partial charge < -0.3 is 20.1 Å². The quantitative estimate of drug-likeness (QED) is 0.280. The summed E-state index contributed by atoms with van der Waals surface area (Å²) in [5, 5.41) is 11.8. The largest absolute Gasteiger partial charge is 0.480 e. The predicted molar refractivity (Wildman–Crippen MR) is 111 cm³/mol. The van der Waals surface area contributed by atoms with Gasteiger partial charge in [-0.2, -0.15) is 25.3 Å². The summed E-state index contributed by atoms with van der Waals surface area (Å²) in [6, 6.07) is -0.920. The minimum absolute atomic E-state index is 0.0927. The van der Waals surface area contributed by atoms with Gasteiger partial charge in [0.2, 0.25) is 5.91 Å². The highest BCUT2D eigenvalue weighted by Gasteiger charge is 2.35. The molecule has 8 nitrogen and oxygen atoms in total. The highest BCUT2D eigenvalue weighted by atomic mass is 32.1. The fraction of sp³-hybridized carbons (Fsp3) is 0.778. The molecule has 2 aliphatic rings. The molecule has 0 aromatic heterocycles. The number of carbonyl (C=O) groups excluding carboxylic acids is 3. The van der Waals surface area contributed by atoms with E-state index in [1.165, 1.54) is 4.90 Å². The fourth-order valence-electron chi connectivity index (χ4n) is 2.88. The van der Waals surface area contributed by atoms with Crippen molar-refractivity contribution in [3.05, 3.63) is 0 Å². The lowest BCUT2D eigenvalue weighted by Crippen LogP contribution is -2.43. The Morgan fingerprint density at radius 3 is 2.25 bits per heavy atom. The lowest BCUT2D eigenvalue weighted by Gasteiger charge is -2.24. The van der Waals surface area contributed by atoms with Crippen molar-refractivity contribution in [2.24, 2.45) is 11.8 Å². The number of thiol groups is 2. The molecule has 2 N–H and O–H groups in total. The summed E-state index contributed by atoms with van der Waals surface area (Å²) in [6.07, 6.45) is 3.06. The van der Waals surface area contributed by atoms with E-state index in [2.05, 4.69) is 30.6 Å². The van der Waals surface area contributed by atoms with Gasteiger partial charge in [0.1, 0.15) is 12.1 Å². The smallest absolute Gasteiger partial charge is 0.330 e. The molecule has 2 fully saturated rings. The van der Waals surface area contributed by atoms with E-state index in [1.54, 1.807) is 13.8 Å². The second-order valence-corrected chi connectivity index (χ2v) is 7.81. The highest BCUT2D eigenvalue weighted by Crippen LogP contribution is 2.20. The number of esters is 2. The average molecular weight is 435 g/mol. The minimum atomic E-state index is -0.901. The van der Waals surface area contributed by atoms with Crippen molar-refractivity contribution >= 4 is 49.1 Å². The minimum Gasteiger partial charge on any atom is -0.480 e. The van der Waals surface area contributed by atoms with Gasteiger partial charge in [-0.25, -0.2) is 9.59 Å². The number of hydrogen-bond acceptors (Lipinski definition) is 8. The van der Waals surface area contributed by atoms with Crippen LogP contribution in [0.3, 0.4) is 0 Å². The molecule has 1 amide bonds. The van der Waals surface area contributed by atoms with Crippen LogP contribution in [0.4, 0.5) is 0 Å². The molecule has 0 aromatic rings. The second kappa shape index (κ2) is 12.3. The zero-order valence-electron chi connectivity index (χ0n) is 16.3. The van der Waals surface area contributed by atoms with E-state index in [9.17, 15) is 19.2 Å². The Morgan fingerprint density at radius 2 is 1.75 bits per heavy atom. The predicted octanol–water partition coefficient (Wildman–Crippen LogP) is 1.00. The molecule has 0 aromatic carbocycles. The number of nitrogens with one attached hydrogen (secondary N) is 1. The van der Waals surface area contributed by atoms with Gasteiger partial charge >= 0.3 is 17.9 Å². The molecule has 0 aliphatic carbocycles. The van der Waals surface area contributed by atoms with Crippen molar-refractivity contribution in [2.75, 3.05) is 24.6 Å². The van der Waals surface area contributed by atoms with Crippen LogP contribution in [0.1, 0.15) is 39.5 Å². The Labute approximate surface area is 176 Å². The summed E-state index contributed by atoms with van der Waals surface area (Å²) in [6.45, 7) is 4.83. The van der Waals surface area contributed by atoms with Gasteiger partial charge in [-0.05, 0) is 32.2 Å². The molecule has 4 atom stereocenters. The molecule has 2 heterocycles. The molecule has 2 rings (SSSR count).